The highest BCUT2D eigenvalue weighted by Crippen LogP contribution is 2.30. The fraction of sp³-hybridized carbons (Fsp3) is 0.368. The quantitative estimate of drug-likeness (QED) is 0.871. The summed E-state index contributed by atoms with van der Waals surface area (Å²) in [5.41, 5.74) is 3.33. The van der Waals surface area contributed by atoms with Crippen molar-refractivity contribution in [2.24, 2.45) is 0 Å². The minimum Gasteiger partial charge on any atom is -0.340 e. The normalized spacial score (nSPS) is 16.3. The highest BCUT2D eigenvalue weighted by atomic mass is 16.2. The molecule has 1 aliphatic rings. The summed E-state index contributed by atoms with van der Waals surface area (Å²) in [7, 11) is 3.91. The Morgan fingerprint density at radius 3 is 2.43 bits per heavy atom. The van der Waals surface area contributed by atoms with Crippen LogP contribution in [0.25, 0.3) is 0 Å². The van der Waals surface area contributed by atoms with Gasteiger partial charge in [-0.15, -0.1) is 0 Å². The molecule has 2 aromatic rings. The van der Waals surface area contributed by atoms with Crippen LogP contribution < -0.4 is 0 Å². The smallest absolute Gasteiger partial charge is 0.244 e. The van der Waals surface area contributed by atoms with Crippen LogP contribution in [0.4, 0.5) is 0 Å². The molecular weight excluding hydrogens is 286 g/mol. The third-order valence-electron chi connectivity index (χ3n) is 4.44. The second-order valence-electron chi connectivity index (χ2n) is 6.47. The monoisotopic (exact) mass is 309 g/mol. The number of rotatable bonds is 4. The zero-order chi connectivity index (χ0) is 16.4. The largest absolute Gasteiger partial charge is 0.340 e. The van der Waals surface area contributed by atoms with E-state index in [1.54, 1.807) is 0 Å². The lowest BCUT2D eigenvalue weighted by Gasteiger charge is -2.42. The maximum Gasteiger partial charge on any atom is 0.244 e. The first-order valence-electron chi connectivity index (χ1n) is 7.99. The molecule has 4 heteroatoms. The van der Waals surface area contributed by atoms with E-state index in [4.69, 9.17) is 0 Å². The van der Waals surface area contributed by atoms with E-state index in [2.05, 4.69) is 24.0 Å². The molecule has 0 N–H and O–H groups in total. The predicted molar refractivity (Wildman–Crippen MR) is 91.2 cm³/mol. The number of aromatic nitrogens is 1. The standard InChI is InChI=1S/C19H23N3O/c1-14-7-9-15(10-8-14)18(21(2)3)19(23)22-12-16(13-22)17-6-4-5-11-20-17/h4-11,16,18H,12-13H2,1-3H3/t18-/m1/s1. The van der Waals surface area contributed by atoms with E-state index >= 15 is 0 Å². The summed E-state index contributed by atoms with van der Waals surface area (Å²) >= 11 is 0. The van der Waals surface area contributed by atoms with Crippen LogP contribution in [-0.2, 0) is 4.79 Å². The summed E-state index contributed by atoms with van der Waals surface area (Å²) in [5.74, 6) is 0.534. The lowest BCUT2D eigenvalue weighted by atomic mass is 9.93. The van der Waals surface area contributed by atoms with Crippen LogP contribution in [0.1, 0.15) is 28.8 Å². The van der Waals surface area contributed by atoms with Crippen LogP contribution in [0.3, 0.4) is 0 Å². The van der Waals surface area contributed by atoms with Gasteiger partial charge < -0.3 is 4.90 Å². The fourth-order valence-electron chi connectivity index (χ4n) is 3.05. The number of hydrogen-bond acceptors (Lipinski definition) is 3. The molecule has 0 radical (unpaired) electrons. The molecule has 2 heterocycles. The van der Waals surface area contributed by atoms with Crippen LogP contribution in [0.5, 0.6) is 0 Å². The van der Waals surface area contributed by atoms with Gasteiger partial charge in [-0.25, -0.2) is 0 Å². The molecule has 120 valence electrons. The van der Waals surface area contributed by atoms with Gasteiger partial charge in [0, 0.05) is 30.9 Å². The van der Waals surface area contributed by atoms with Gasteiger partial charge in [-0.1, -0.05) is 35.9 Å². The maximum absolute atomic E-state index is 12.9. The van der Waals surface area contributed by atoms with Crippen LogP contribution in [0.15, 0.2) is 48.7 Å². The first-order valence-corrected chi connectivity index (χ1v) is 7.99. The molecule has 0 unspecified atom stereocenters. The number of amides is 1. The van der Waals surface area contributed by atoms with Gasteiger partial charge in [0.2, 0.25) is 5.91 Å². The molecule has 0 bridgehead atoms. The molecule has 1 fully saturated rings. The molecule has 0 spiro atoms. The number of likely N-dealkylation sites (tertiary alicyclic amines) is 1. The molecule has 1 atom stereocenters. The van der Waals surface area contributed by atoms with E-state index in [0.717, 1.165) is 24.3 Å². The predicted octanol–water partition coefficient (Wildman–Crippen LogP) is 2.62. The molecule has 23 heavy (non-hydrogen) atoms. The molecule has 0 aliphatic carbocycles. The van der Waals surface area contributed by atoms with Gasteiger partial charge in [-0.2, -0.15) is 0 Å². The Hall–Kier alpha value is -2.20. The van der Waals surface area contributed by atoms with Crippen molar-refractivity contribution in [3.63, 3.8) is 0 Å². The molecule has 1 aliphatic heterocycles. The van der Waals surface area contributed by atoms with Crippen molar-refractivity contribution in [3.05, 3.63) is 65.5 Å². The Bertz CT molecular complexity index is 661. The van der Waals surface area contributed by atoms with Crippen molar-refractivity contribution < 1.29 is 4.79 Å². The van der Waals surface area contributed by atoms with E-state index in [1.165, 1.54) is 5.56 Å². The Labute approximate surface area is 137 Å². The van der Waals surface area contributed by atoms with Gasteiger partial charge in [0.05, 0.1) is 0 Å². The molecular formula is C19H23N3O. The first-order chi connectivity index (χ1) is 11.1. The minimum absolute atomic E-state index is 0.172. The first kappa shape index (κ1) is 15.7. The SMILES string of the molecule is Cc1ccc([C@H](C(=O)N2CC(c3ccccn3)C2)N(C)C)cc1. The summed E-state index contributed by atoms with van der Waals surface area (Å²) in [6.45, 7) is 3.57. The van der Waals surface area contributed by atoms with E-state index in [-0.39, 0.29) is 11.9 Å². The van der Waals surface area contributed by atoms with E-state index < -0.39 is 0 Å². The zero-order valence-electron chi connectivity index (χ0n) is 13.9. The second kappa shape index (κ2) is 6.50. The van der Waals surface area contributed by atoms with Crippen molar-refractivity contribution in [1.29, 1.82) is 0 Å². The number of pyridine rings is 1. The summed E-state index contributed by atoms with van der Waals surface area (Å²) in [5, 5.41) is 0. The number of carbonyl (C=O) groups is 1. The molecule has 1 aromatic carbocycles. The minimum atomic E-state index is -0.222. The van der Waals surface area contributed by atoms with Crippen LogP contribution in [0, 0.1) is 6.92 Å². The van der Waals surface area contributed by atoms with Crippen LogP contribution in [-0.4, -0.2) is 47.9 Å². The summed E-state index contributed by atoms with van der Waals surface area (Å²) < 4.78 is 0. The van der Waals surface area contributed by atoms with Gasteiger partial charge in [-0.05, 0) is 38.7 Å². The summed E-state index contributed by atoms with van der Waals surface area (Å²) in [4.78, 5) is 21.2. The molecule has 0 saturated carbocycles. The molecule has 1 amide bonds. The summed E-state index contributed by atoms with van der Waals surface area (Å²) in [6.07, 6.45) is 1.81. The number of nitrogens with zero attached hydrogens (tertiary/aromatic N) is 3. The number of carbonyl (C=O) groups excluding carboxylic acids is 1. The van der Waals surface area contributed by atoms with E-state index in [9.17, 15) is 4.79 Å². The Balaban J connectivity index is 1.70. The third kappa shape index (κ3) is 3.27. The van der Waals surface area contributed by atoms with Gasteiger partial charge >= 0.3 is 0 Å². The van der Waals surface area contributed by atoms with E-state index in [0.29, 0.717) is 5.92 Å². The topological polar surface area (TPSA) is 36.4 Å². The number of hydrogen-bond donors (Lipinski definition) is 0. The average molecular weight is 309 g/mol. The molecule has 4 nitrogen and oxygen atoms in total. The summed E-state index contributed by atoms with van der Waals surface area (Å²) in [6, 6.07) is 14.0. The lowest BCUT2D eigenvalue weighted by molar-refractivity contribution is -0.141. The van der Waals surface area contributed by atoms with Gasteiger partial charge in [-0.3, -0.25) is 14.7 Å². The van der Waals surface area contributed by atoms with Crippen molar-refractivity contribution in [3.8, 4) is 0 Å². The number of likely N-dealkylation sites (N-methyl/N-ethyl adjacent to an activating group) is 1. The van der Waals surface area contributed by atoms with E-state index in [1.807, 2.05) is 60.4 Å². The highest BCUT2D eigenvalue weighted by molar-refractivity contribution is 5.84. The second-order valence-corrected chi connectivity index (χ2v) is 6.47. The molecule has 3 rings (SSSR count). The number of aryl methyl sites for hydroxylation is 1. The number of benzene rings is 1. The van der Waals surface area contributed by atoms with Crippen molar-refractivity contribution >= 4 is 5.91 Å². The molecule has 1 saturated heterocycles. The van der Waals surface area contributed by atoms with Gasteiger partial charge in [0.25, 0.3) is 0 Å². The lowest BCUT2D eigenvalue weighted by Crippen LogP contribution is -2.52. The highest BCUT2D eigenvalue weighted by Gasteiger charge is 2.37. The van der Waals surface area contributed by atoms with Crippen molar-refractivity contribution in [2.75, 3.05) is 27.2 Å². The van der Waals surface area contributed by atoms with Gasteiger partial charge in [0.15, 0.2) is 0 Å². The molecule has 1 aromatic heterocycles. The maximum atomic E-state index is 12.9. The zero-order valence-corrected chi connectivity index (χ0v) is 13.9. The van der Waals surface area contributed by atoms with Crippen LogP contribution >= 0.6 is 0 Å². The Kier molecular flexibility index (Phi) is 4.44. The van der Waals surface area contributed by atoms with Crippen molar-refractivity contribution in [2.45, 2.75) is 18.9 Å². The average Bonchev–Trinajstić information content (AvgIpc) is 2.49. The van der Waals surface area contributed by atoms with Gasteiger partial charge in [0.1, 0.15) is 6.04 Å². The fourth-order valence-corrected chi connectivity index (χ4v) is 3.05. The van der Waals surface area contributed by atoms with Crippen molar-refractivity contribution in [1.82, 2.24) is 14.8 Å². The third-order valence-corrected chi connectivity index (χ3v) is 4.44. The Morgan fingerprint density at radius 2 is 1.87 bits per heavy atom. The Morgan fingerprint density at radius 1 is 1.17 bits per heavy atom. The van der Waals surface area contributed by atoms with Crippen LogP contribution in [0.2, 0.25) is 0 Å².